The molecule has 100 valence electrons. The van der Waals surface area contributed by atoms with Crippen LogP contribution in [0, 0.1) is 0 Å². The maximum absolute atomic E-state index is 6.37. The second-order valence-electron chi connectivity index (χ2n) is 4.84. The van der Waals surface area contributed by atoms with Gasteiger partial charge < -0.3 is 5.73 Å². The molecule has 0 aliphatic carbocycles. The molecule has 1 aromatic carbocycles. The summed E-state index contributed by atoms with van der Waals surface area (Å²) in [6.07, 6.45) is 2.13. The molecule has 0 saturated heterocycles. The Kier molecular flexibility index (Phi) is 4.32. The minimum absolute atomic E-state index is 0.127. The number of hydrogen-bond donors (Lipinski definition) is 1. The number of thiophene rings is 1. The molecule has 1 aliphatic rings. The molecule has 1 atom stereocenters. The molecule has 1 aliphatic heterocycles. The predicted octanol–water partition coefficient (Wildman–Crippen LogP) is 4.54. The van der Waals surface area contributed by atoms with Crippen molar-refractivity contribution in [1.29, 1.82) is 0 Å². The molecule has 1 nitrogen and oxygen atoms in total. The zero-order valence-corrected chi connectivity index (χ0v) is 13.8. The lowest BCUT2D eigenvalue weighted by Gasteiger charge is -2.09. The smallest absolute Gasteiger partial charge is 0.0430 e. The van der Waals surface area contributed by atoms with Crippen LogP contribution in [0.5, 0.6) is 0 Å². The Morgan fingerprint density at radius 3 is 2.79 bits per heavy atom. The predicted molar refractivity (Wildman–Crippen MR) is 89.0 cm³/mol. The van der Waals surface area contributed by atoms with E-state index in [4.69, 9.17) is 5.73 Å². The molecule has 2 aromatic rings. The second-order valence-corrected chi connectivity index (χ2v) is 8.03. The van der Waals surface area contributed by atoms with Crippen molar-refractivity contribution >= 4 is 39.0 Å². The van der Waals surface area contributed by atoms with Gasteiger partial charge in [0.05, 0.1) is 0 Å². The first-order chi connectivity index (χ1) is 9.22. The fraction of sp³-hybridized carbons (Fsp3) is 0.333. The normalized spacial score (nSPS) is 16.1. The lowest BCUT2D eigenvalue weighted by Crippen LogP contribution is -2.11. The molecule has 0 fully saturated rings. The Morgan fingerprint density at radius 1 is 1.26 bits per heavy atom. The molecule has 1 unspecified atom stereocenters. The number of halogens is 1. The third-order valence-corrected chi connectivity index (χ3v) is 6.29. The molecule has 0 bridgehead atoms. The topological polar surface area (TPSA) is 26.0 Å². The van der Waals surface area contributed by atoms with Crippen molar-refractivity contribution < 1.29 is 0 Å². The Morgan fingerprint density at radius 2 is 2.05 bits per heavy atom. The van der Waals surface area contributed by atoms with E-state index in [9.17, 15) is 0 Å². The summed E-state index contributed by atoms with van der Waals surface area (Å²) >= 11 is 7.41. The van der Waals surface area contributed by atoms with Crippen molar-refractivity contribution in [2.75, 3.05) is 5.75 Å². The van der Waals surface area contributed by atoms with Crippen molar-refractivity contribution in [1.82, 2.24) is 0 Å². The van der Waals surface area contributed by atoms with Gasteiger partial charge in [-0.15, -0.1) is 11.3 Å². The molecular formula is C15H16BrNS2. The highest BCUT2D eigenvalue weighted by molar-refractivity contribution is 9.10. The summed E-state index contributed by atoms with van der Waals surface area (Å²) in [5, 5.41) is 0. The summed E-state index contributed by atoms with van der Waals surface area (Å²) in [5.41, 5.74) is 9.19. The van der Waals surface area contributed by atoms with Crippen LogP contribution in [0.4, 0.5) is 0 Å². The first-order valence-electron chi connectivity index (χ1n) is 6.41. The van der Waals surface area contributed by atoms with Crippen molar-refractivity contribution in [2.45, 2.75) is 24.6 Å². The van der Waals surface area contributed by atoms with E-state index >= 15 is 0 Å². The van der Waals surface area contributed by atoms with E-state index in [1.165, 1.54) is 28.2 Å². The van der Waals surface area contributed by atoms with Crippen molar-refractivity contribution in [3.05, 3.63) is 55.7 Å². The summed E-state index contributed by atoms with van der Waals surface area (Å²) in [5.74, 6) is 2.42. The third kappa shape index (κ3) is 3.24. The van der Waals surface area contributed by atoms with Gasteiger partial charge in [0, 0.05) is 26.0 Å². The highest BCUT2D eigenvalue weighted by atomic mass is 79.9. The van der Waals surface area contributed by atoms with Crippen molar-refractivity contribution in [3.8, 4) is 0 Å². The largest absolute Gasteiger partial charge is 0.323 e. The Bertz CT molecular complexity index is 539. The first-order valence-corrected chi connectivity index (χ1v) is 9.18. The van der Waals surface area contributed by atoms with Gasteiger partial charge in [-0.1, -0.05) is 28.1 Å². The van der Waals surface area contributed by atoms with Crippen molar-refractivity contribution in [2.24, 2.45) is 5.73 Å². The Labute approximate surface area is 130 Å². The highest BCUT2D eigenvalue weighted by Gasteiger charge is 2.17. The second kappa shape index (κ2) is 6.00. The number of thioether (sulfide) groups is 1. The maximum atomic E-state index is 6.37. The van der Waals surface area contributed by atoms with Crippen LogP contribution in [0.2, 0.25) is 0 Å². The summed E-state index contributed by atoms with van der Waals surface area (Å²) in [6, 6.07) is 10.9. The van der Waals surface area contributed by atoms with Gasteiger partial charge in [0.1, 0.15) is 0 Å². The minimum atomic E-state index is 0.127. The molecule has 1 aromatic heterocycles. The number of rotatable bonds is 3. The van der Waals surface area contributed by atoms with Crippen LogP contribution in [-0.4, -0.2) is 5.75 Å². The van der Waals surface area contributed by atoms with Crippen LogP contribution in [0.15, 0.2) is 34.8 Å². The zero-order chi connectivity index (χ0) is 13.2. The standard InChI is InChI=1S/C15H16BrNS2/c16-12-3-1-10(2-4-12)7-13(17)15-8-11-9-18-6-5-14(11)19-15/h1-4,8,13H,5-7,9,17H2. The molecule has 2 N–H and O–H groups in total. The molecule has 0 saturated carbocycles. The van der Waals surface area contributed by atoms with E-state index in [-0.39, 0.29) is 6.04 Å². The van der Waals surface area contributed by atoms with Gasteiger partial charge in [-0.05, 0) is 47.9 Å². The van der Waals surface area contributed by atoms with Gasteiger partial charge in [-0.2, -0.15) is 11.8 Å². The fourth-order valence-electron chi connectivity index (χ4n) is 2.33. The van der Waals surface area contributed by atoms with Gasteiger partial charge in [0.15, 0.2) is 0 Å². The molecule has 3 rings (SSSR count). The van der Waals surface area contributed by atoms with Crippen LogP contribution in [0.1, 0.15) is 26.9 Å². The molecule has 2 heterocycles. The van der Waals surface area contributed by atoms with E-state index < -0.39 is 0 Å². The lowest BCUT2D eigenvalue weighted by atomic mass is 10.0. The maximum Gasteiger partial charge on any atom is 0.0430 e. The van der Waals surface area contributed by atoms with Gasteiger partial charge >= 0.3 is 0 Å². The van der Waals surface area contributed by atoms with Crippen LogP contribution < -0.4 is 5.73 Å². The monoisotopic (exact) mass is 353 g/mol. The summed E-state index contributed by atoms with van der Waals surface area (Å²) in [4.78, 5) is 2.90. The average Bonchev–Trinajstić information content (AvgIpc) is 2.85. The zero-order valence-electron chi connectivity index (χ0n) is 10.6. The molecular weight excluding hydrogens is 338 g/mol. The molecule has 4 heteroatoms. The fourth-order valence-corrected chi connectivity index (χ4v) is 4.97. The lowest BCUT2D eigenvalue weighted by molar-refractivity contribution is 0.736. The minimum Gasteiger partial charge on any atom is -0.323 e. The summed E-state index contributed by atoms with van der Waals surface area (Å²) in [7, 11) is 0. The number of benzene rings is 1. The van der Waals surface area contributed by atoms with Crippen LogP contribution in [0.3, 0.4) is 0 Å². The van der Waals surface area contributed by atoms with E-state index in [0.29, 0.717) is 0 Å². The summed E-state index contributed by atoms with van der Waals surface area (Å²) in [6.45, 7) is 0. The molecule has 0 radical (unpaired) electrons. The van der Waals surface area contributed by atoms with E-state index in [1.807, 2.05) is 23.1 Å². The van der Waals surface area contributed by atoms with Gasteiger partial charge in [0.2, 0.25) is 0 Å². The Balaban J connectivity index is 1.74. The number of nitrogens with two attached hydrogens (primary N) is 1. The van der Waals surface area contributed by atoms with Crippen LogP contribution >= 0.6 is 39.0 Å². The van der Waals surface area contributed by atoms with Crippen LogP contribution in [0.25, 0.3) is 0 Å². The average molecular weight is 354 g/mol. The summed E-state index contributed by atoms with van der Waals surface area (Å²) < 4.78 is 1.12. The molecule has 0 spiro atoms. The highest BCUT2D eigenvalue weighted by Crippen LogP contribution is 2.34. The quantitative estimate of drug-likeness (QED) is 0.876. The SMILES string of the molecule is NC(Cc1ccc(Br)cc1)c1cc2c(s1)CCSC2. The van der Waals surface area contributed by atoms with Gasteiger partial charge in [0.25, 0.3) is 0 Å². The third-order valence-electron chi connectivity index (χ3n) is 3.38. The van der Waals surface area contributed by atoms with Gasteiger partial charge in [-0.25, -0.2) is 0 Å². The first kappa shape index (κ1) is 13.7. The number of fused-ring (bicyclic) bond motifs is 1. The van der Waals surface area contributed by atoms with Gasteiger partial charge in [-0.3, -0.25) is 0 Å². The van der Waals surface area contributed by atoms with E-state index in [2.05, 4.69) is 46.3 Å². The van der Waals surface area contributed by atoms with Crippen LogP contribution in [-0.2, 0) is 18.6 Å². The van der Waals surface area contributed by atoms with Crippen molar-refractivity contribution in [3.63, 3.8) is 0 Å². The number of hydrogen-bond acceptors (Lipinski definition) is 3. The van der Waals surface area contributed by atoms with E-state index in [0.717, 1.165) is 16.6 Å². The van der Waals surface area contributed by atoms with E-state index in [1.54, 1.807) is 4.88 Å². The molecule has 0 amide bonds. The Hall–Kier alpha value is -0.290. The molecule has 19 heavy (non-hydrogen) atoms. The number of aryl methyl sites for hydroxylation is 1.